The summed E-state index contributed by atoms with van der Waals surface area (Å²) >= 11 is 2.89. The van der Waals surface area contributed by atoms with Crippen LogP contribution in [0.2, 0.25) is 0 Å². The summed E-state index contributed by atoms with van der Waals surface area (Å²) in [5.74, 6) is -0.983. The SMILES string of the molecule is NCC1CC(=O)N(c2cc(F)c(Br)cc2[N+](=O)[O-])C1. The predicted molar refractivity (Wildman–Crippen MR) is 70.3 cm³/mol. The minimum atomic E-state index is -0.649. The van der Waals surface area contributed by atoms with Crippen LogP contribution in [0.25, 0.3) is 0 Å². The molecule has 1 aliphatic heterocycles. The van der Waals surface area contributed by atoms with E-state index in [9.17, 15) is 19.3 Å². The fraction of sp³-hybridized carbons (Fsp3) is 0.364. The molecule has 0 spiro atoms. The Labute approximate surface area is 116 Å². The summed E-state index contributed by atoms with van der Waals surface area (Å²) in [6.07, 6.45) is 0.228. The molecule has 102 valence electrons. The summed E-state index contributed by atoms with van der Waals surface area (Å²) in [5.41, 5.74) is 5.17. The second-order valence-corrected chi connectivity index (χ2v) is 5.18. The molecule has 1 heterocycles. The summed E-state index contributed by atoms with van der Waals surface area (Å²) in [4.78, 5) is 23.4. The van der Waals surface area contributed by atoms with Gasteiger partial charge in [-0.25, -0.2) is 4.39 Å². The van der Waals surface area contributed by atoms with Crippen LogP contribution in [0.15, 0.2) is 16.6 Å². The first kappa shape index (κ1) is 13.9. The largest absolute Gasteiger partial charge is 0.330 e. The van der Waals surface area contributed by atoms with Gasteiger partial charge in [-0.15, -0.1) is 0 Å². The van der Waals surface area contributed by atoms with E-state index in [1.165, 1.54) is 4.90 Å². The zero-order valence-electron chi connectivity index (χ0n) is 9.81. The maximum Gasteiger partial charge on any atom is 0.294 e. The zero-order valence-corrected chi connectivity index (χ0v) is 11.4. The third-order valence-electron chi connectivity index (χ3n) is 3.04. The van der Waals surface area contributed by atoms with Crippen molar-refractivity contribution in [3.8, 4) is 0 Å². The van der Waals surface area contributed by atoms with Crippen LogP contribution in [0.1, 0.15) is 6.42 Å². The second-order valence-electron chi connectivity index (χ2n) is 4.32. The third-order valence-corrected chi connectivity index (χ3v) is 3.65. The summed E-state index contributed by atoms with van der Waals surface area (Å²) in [7, 11) is 0. The van der Waals surface area contributed by atoms with Crippen molar-refractivity contribution in [1.29, 1.82) is 0 Å². The molecule has 1 saturated heterocycles. The number of carbonyl (C=O) groups excluding carboxylic acids is 1. The van der Waals surface area contributed by atoms with Gasteiger partial charge in [0.25, 0.3) is 5.69 Å². The molecule has 6 nitrogen and oxygen atoms in total. The lowest BCUT2D eigenvalue weighted by Crippen LogP contribution is -2.26. The highest BCUT2D eigenvalue weighted by Gasteiger charge is 2.34. The van der Waals surface area contributed by atoms with E-state index in [1.54, 1.807) is 0 Å². The molecule has 19 heavy (non-hydrogen) atoms. The van der Waals surface area contributed by atoms with Gasteiger partial charge >= 0.3 is 0 Å². The molecule has 1 atom stereocenters. The smallest absolute Gasteiger partial charge is 0.294 e. The Balaban J connectivity index is 2.47. The molecule has 0 bridgehead atoms. The maximum atomic E-state index is 13.6. The fourth-order valence-corrected chi connectivity index (χ4v) is 2.39. The molecule has 0 aliphatic carbocycles. The molecule has 0 aromatic heterocycles. The second kappa shape index (κ2) is 5.22. The van der Waals surface area contributed by atoms with Gasteiger partial charge < -0.3 is 10.6 Å². The summed E-state index contributed by atoms with van der Waals surface area (Å²) in [6.45, 7) is 0.590. The number of nitrogens with two attached hydrogens (primary N) is 1. The van der Waals surface area contributed by atoms with Crippen LogP contribution in [0.5, 0.6) is 0 Å². The average Bonchev–Trinajstić information content (AvgIpc) is 2.73. The van der Waals surface area contributed by atoms with Gasteiger partial charge in [0.15, 0.2) is 0 Å². The summed E-state index contributed by atoms with van der Waals surface area (Å²) in [5, 5.41) is 11.0. The van der Waals surface area contributed by atoms with Crippen LogP contribution in [0.4, 0.5) is 15.8 Å². The van der Waals surface area contributed by atoms with Crippen LogP contribution in [-0.2, 0) is 4.79 Å². The van der Waals surface area contributed by atoms with Gasteiger partial charge in [0.1, 0.15) is 11.5 Å². The Morgan fingerprint density at radius 1 is 1.58 bits per heavy atom. The number of nitro benzene ring substituents is 1. The molecule has 2 rings (SSSR count). The van der Waals surface area contributed by atoms with Crippen molar-refractivity contribution in [3.63, 3.8) is 0 Å². The lowest BCUT2D eigenvalue weighted by Gasteiger charge is -2.17. The number of benzene rings is 1. The quantitative estimate of drug-likeness (QED) is 0.675. The standard InChI is InChI=1S/C11H11BrFN3O3/c12-7-2-10(16(18)19)9(3-8(7)13)15-5-6(4-14)1-11(15)17/h2-3,6H,1,4-5,14H2. The average molecular weight is 332 g/mol. The van der Waals surface area contributed by atoms with E-state index in [2.05, 4.69) is 15.9 Å². The van der Waals surface area contributed by atoms with Gasteiger partial charge in [0.05, 0.1) is 9.40 Å². The molecule has 1 aromatic rings. The molecule has 1 unspecified atom stereocenters. The fourth-order valence-electron chi connectivity index (χ4n) is 2.06. The molecule has 2 N–H and O–H groups in total. The molecule has 1 aliphatic rings. The van der Waals surface area contributed by atoms with Crippen LogP contribution in [-0.4, -0.2) is 23.9 Å². The third kappa shape index (κ3) is 2.59. The number of hydrogen-bond donors (Lipinski definition) is 1. The van der Waals surface area contributed by atoms with E-state index in [1.807, 2.05) is 0 Å². The molecule has 0 radical (unpaired) electrons. The van der Waals surface area contributed by atoms with E-state index in [4.69, 9.17) is 5.73 Å². The molecule has 0 saturated carbocycles. The van der Waals surface area contributed by atoms with Gasteiger partial charge in [-0.2, -0.15) is 0 Å². The van der Waals surface area contributed by atoms with Crippen LogP contribution in [0.3, 0.4) is 0 Å². The van der Waals surface area contributed by atoms with E-state index >= 15 is 0 Å². The number of nitro groups is 1. The number of hydrogen-bond acceptors (Lipinski definition) is 4. The Morgan fingerprint density at radius 2 is 2.26 bits per heavy atom. The van der Waals surface area contributed by atoms with Crippen molar-refractivity contribution >= 4 is 33.2 Å². The van der Waals surface area contributed by atoms with E-state index in [0.29, 0.717) is 6.54 Å². The number of nitrogens with zero attached hydrogens (tertiary/aromatic N) is 2. The summed E-state index contributed by atoms with van der Waals surface area (Å²) in [6, 6.07) is 2.06. The van der Waals surface area contributed by atoms with E-state index in [-0.39, 0.29) is 40.6 Å². The number of halogens is 2. The topological polar surface area (TPSA) is 89.5 Å². The van der Waals surface area contributed by atoms with Crippen molar-refractivity contribution < 1.29 is 14.1 Å². The van der Waals surface area contributed by atoms with Crippen LogP contribution >= 0.6 is 15.9 Å². The van der Waals surface area contributed by atoms with Gasteiger partial charge in [-0.05, 0) is 28.4 Å². The first-order valence-corrected chi connectivity index (χ1v) is 6.37. The highest BCUT2D eigenvalue weighted by atomic mass is 79.9. The monoisotopic (exact) mass is 331 g/mol. The number of amides is 1. The number of anilines is 1. The molecular formula is C11H11BrFN3O3. The first-order chi connectivity index (χ1) is 8.93. The zero-order chi connectivity index (χ0) is 14.2. The lowest BCUT2D eigenvalue weighted by atomic mass is 10.1. The summed E-state index contributed by atoms with van der Waals surface area (Å²) < 4.78 is 13.5. The van der Waals surface area contributed by atoms with Crippen molar-refractivity contribution in [2.45, 2.75) is 6.42 Å². The normalized spacial score (nSPS) is 19.0. The molecular weight excluding hydrogens is 321 g/mol. The van der Waals surface area contributed by atoms with Crippen LogP contribution in [0, 0.1) is 21.8 Å². The van der Waals surface area contributed by atoms with Crippen molar-refractivity contribution in [1.82, 2.24) is 0 Å². The van der Waals surface area contributed by atoms with Crippen molar-refractivity contribution in [2.75, 3.05) is 18.0 Å². The number of rotatable bonds is 3. The van der Waals surface area contributed by atoms with Crippen LogP contribution < -0.4 is 10.6 Å². The minimum Gasteiger partial charge on any atom is -0.330 e. The molecule has 1 aromatic carbocycles. The van der Waals surface area contributed by atoms with E-state index < -0.39 is 10.7 Å². The predicted octanol–water partition coefficient (Wildman–Crippen LogP) is 1.81. The molecule has 1 fully saturated rings. The highest BCUT2D eigenvalue weighted by molar-refractivity contribution is 9.10. The van der Waals surface area contributed by atoms with E-state index in [0.717, 1.165) is 12.1 Å². The van der Waals surface area contributed by atoms with Gasteiger partial charge in [-0.1, -0.05) is 0 Å². The number of carbonyl (C=O) groups is 1. The molecule has 8 heteroatoms. The Bertz CT molecular complexity index is 552. The Kier molecular flexibility index (Phi) is 3.81. The van der Waals surface area contributed by atoms with Crippen molar-refractivity contribution in [3.05, 3.63) is 32.5 Å². The Morgan fingerprint density at radius 3 is 2.79 bits per heavy atom. The van der Waals surface area contributed by atoms with Gasteiger partial charge in [-0.3, -0.25) is 14.9 Å². The van der Waals surface area contributed by atoms with Gasteiger partial charge in [0.2, 0.25) is 5.91 Å². The Hall–Kier alpha value is -1.54. The highest BCUT2D eigenvalue weighted by Crippen LogP contribution is 2.36. The van der Waals surface area contributed by atoms with Crippen molar-refractivity contribution in [2.24, 2.45) is 11.7 Å². The molecule has 1 amide bonds. The maximum absolute atomic E-state index is 13.6. The minimum absolute atomic E-state index is 0.00929. The first-order valence-electron chi connectivity index (χ1n) is 5.58. The lowest BCUT2D eigenvalue weighted by molar-refractivity contribution is -0.384. The van der Waals surface area contributed by atoms with Gasteiger partial charge in [0, 0.05) is 25.1 Å².